The second-order valence-electron chi connectivity index (χ2n) is 3.87. The number of nitrogens with zero attached hydrogens (tertiary/aromatic N) is 3. The van der Waals surface area contributed by atoms with E-state index in [4.69, 9.17) is 0 Å². The molecule has 98 valence electrons. The van der Waals surface area contributed by atoms with Crippen molar-refractivity contribution in [2.75, 3.05) is 0 Å². The maximum absolute atomic E-state index is 12.2. The first-order valence-electron chi connectivity index (χ1n) is 5.46. The standard InChI is InChI=1S/C12H11N3O3S/c1-8-10(15(17)18)11(14(2)13-8)12(16)19-9-6-4-3-5-7-9/h3-7H,1-2H3. The Morgan fingerprint density at radius 3 is 2.58 bits per heavy atom. The highest BCUT2D eigenvalue weighted by atomic mass is 32.2. The molecule has 7 heteroatoms. The third-order valence-electron chi connectivity index (χ3n) is 2.52. The predicted octanol–water partition coefficient (Wildman–Crippen LogP) is 2.57. The van der Waals surface area contributed by atoms with E-state index < -0.39 is 4.92 Å². The van der Waals surface area contributed by atoms with Crippen LogP contribution in [0, 0.1) is 17.0 Å². The third-order valence-corrected chi connectivity index (χ3v) is 3.41. The van der Waals surface area contributed by atoms with E-state index in [1.807, 2.05) is 6.07 Å². The molecule has 0 radical (unpaired) electrons. The second kappa shape index (κ2) is 5.23. The number of benzene rings is 1. The number of rotatable bonds is 3. The van der Waals surface area contributed by atoms with Crippen LogP contribution in [0.1, 0.15) is 16.2 Å². The van der Waals surface area contributed by atoms with Crippen LogP contribution in [-0.4, -0.2) is 19.8 Å². The summed E-state index contributed by atoms with van der Waals surface area (Å²) < 4.78 is 1.26. The number of carbonyl (C=O) groups is 1. The molecule has 1 aromatic carbocycles. The molecule has 0 aliphatic carbocycles. The maximum atomic E-state index is 12.2. The Balaban J connectivity index is 2.37. The number of aryl methyl sites for hydroxylation is 2. The zero-order chi connectivity index (χ0) is 14.0. The smallest absolute Gasteiger partial charge is 0.279 e. The van der Waals surface area contributed by atoms with Gasteiger partial charge in [-0.3, -0.25) is 19.6 Å². The summed E-state index contributed by atoms with van der Waals surface area (Å²) >= 11 is 0.952. The molecule has 2 aromatic rings. The summed E-state index contributed by atoms with van der Waals surface area (Å²) in [7, 11) is 1.53. The summed E-state index contributed by atoms with van der Waals surface area (Å²) in [4.78, 5) is 23.3. The molecule has 0 aliphatic rings. The molecular formula is C12H11N3O3S. The number of hydrogen-bond donors (Lipinski definition) is 0. The quantitative estimate of drug-likeness (QED) is 0.489. The minimum Gasteiger partial charge on any atom is -0.279 e. The van der Waals surface area contributed by atoms with Crippen molar-refractivity contribution in [2.24, 2.45) is 7.05 Å². The fraction of sp³-hybridized carbons (Fsp3) is 0.167. The average Bonchev–Trinajstić information content (AvgIpc) is 2.65. The highest BCUT2D eigenvalue weighted by Crippen LogP contribution is 2.29. The van der Waals surface area contributed by atoms with Gasteiger partial charge in [0.1, 0.15) is 5.69 Å². The Hall–Kier alpha value is -2.15. The summed E-state index contributed by atoms with van der Waals surface area (Å²) in [6, 6.07) is 9.00. The summed E-state index contributed by atoms with van der Waals surface area (Å²) in [6.07, 6.45) is 0. The van der Waals surface area contributed by atoms with Crippen molar-refractivity contribution >= 4 is 22.6 Å². The average molecular weight is 277 g/mol. The molecule has 0 fully saturated rings. The normalized spacial score (nSPS) is 10.4. The first-order chi connectivity index (χ1) is 9.00. The minimum atomic E-state index is -0.568. The number of nitro groups is 1. The summed E-state index contributed by atoms with van der Waals surface area (Å²) in [6.45, 7) is 1.52. The summed E-state index contributed by atoms with van der Waals surface area (Å²) in [5, 5.41) is 14.6. The van der Waals surface area contributed by atoms with E-state index >= 15 is 0 Å². The van der Waals surface area contributed by atoms with Crippen LogP contribution in [0.25, 0.3) is 0 Å². The van der Waals surface area contributed by atoms with Gasteiger partial charge in [-0.1, -0.05) is 18.2 Å². The van der Waals surface area contributed by atoms with E-state index in [9.17, 15) is 14.9 Å². The molecule has 0 bridgehead atoms. The number of hydrogen-bond acceptors (Lipinski definition) is 5. The van der Waals surface area contributed by atoms with Gasteiger partial charge in [0, 0.05) is 11.9 Å². The lowest BCUT2D eigenvalue weighted by Crippen LogP contribution is -2.06. The van der Waals surface area contributed by atoms with E-state index in [1.165, 1.54) is 18.7 Å². The predicted molar refractivity (Wildman–Crippen MR) is 71.2 cm³/mol. The zero-order valence-corrected chi connectivity index (χ0v) is 11.2. The van der Waals surface area contributed by atoms with E-state index in [1.54, 1.807) is 24.3 Å². The van der Waals surface area contributed by atoms with Gasteiger partial charge in [-0.25, -0.2) is 0 Å². The van der Waals surface area contributed by atoms with Crippen LogP contribution in [0.15, 0.2) is 35.2 Å². The van der Waals surface area contributed by atoms with Crippen LogP contribution in [0.5, 0.6) is 0 Å². The number of aromatic nitrogens is 2. The third kappa shape index (κ3) is 2.65. The van der Waals surface area contributed by atoms with Crippen molar-refractivity contribution in [3.63, 3.8) is 0 Å². The van der Waals surface area contributed by atoms with Crippen LogP contribution in [0.3, 0.4) is 0 Å². The Bertz CT molecular complexity index is 637. The van der Waals surface area contributed by atoms with E-state index in [-0.39, 0.29) is 22.2 Å². The fourth-order valence-corrected chi connectivity index (χ4v) is 2.57. The summed E-state index contributed by atoms with van der Waals surface area (Å²) in [5.74, 6) is 0. The van der Waals surface area contributed by atoms with Gasteiger partial charge in [0.05, 0.1) is 4.92 Å². The van der Waals surface area contributed by atoms with Crippen LogP contribution in [0.2, 0.25) is 0 Å². The summed E-state index contributed by atoms with van der Waals surface area (Å²) in [5.41, 5.74) is 0.0248. The van der Waals surface area contributed by atoms with Crippen LogP contribution < -0.4 is 0 Å². The molecule has 0 aliphatic heterocycles. The van der Waals surface area contributed by atoms with Gasteiger partial charge >= 0.3 is 5.69 Å². The number of carbonyl (C=O) groups excluding carboxylic acids is 1. The lowest BCUT2D eigenvalue weighted by Gasteiger charge is -2.00. The molecule has 2 rings (SSSR count). The van der Waals surface area contributed by atoms with Crippen LogP contribution in [0.4, 0.5) is 5.69 Å². The zero-order valence-electron chi connectivity index (χ0n) is 10.4. The topological polar surface area (TPSA) is 78.0 Å². The molecule has 0 saturated heterocycles. The maximum Gasteiger partial charge on any atom is 0.321 e. The Morgan fingerprint density at radius 2 is 2.00 bits per heavy atom. The van der Waals surface area contributed by atoms with Crippen LogP contribution >= 0.6 is 11.8 Å². The Kier molecular flexibility index (Phi) is 3.66. The van der Waals surface area contributed by atoms with E-state index in [0.717, 1.165) is 16.7 Å². The van der Waals surface area contributed by atoms with Crippen molar-refractivity contribution in [2.45, 2.75) is 11.8 Å². The van der Waals surface area contributed by atoms with Gasteiger partial charge in [0.15, 0.2) is 5.69 Å². The molecule has 1 heterocycles. The monoisotopic (exact) mass is 277 g/mol. The van der Waals surface area contributed by atoms with Gasteiger partial charge in [-0.05, 0) is 30.8 Å². The molecule has 1 aromatic heterocycles. The van der Waals surface area contributed by atoms with Crippen molar-refractivity contribution in [1.29, 1.82) is 0 Å². The Morgan fingerprint density at radius 1 is 1.37 bits per heavy atom. The molecular weight excluding hydrogens is 266 g/mol. The van der Waals surface area contributed by atoms with Gasteiger partial charge in [-0.2, -0.15) is 5.10 Å². The highest BCUT2D eigenvalue weighted by molar-refractivity contribution is 8.14. The lowest BCUT2D eigenvalue weighted by molar-refractivity contribution is -0.385. The molecule has 6 nitrogen and oxygen atoms in total. The highest BCUT2D eigenvalue weighted by Gasteiger charge is 2.29. The van der Waals surface area contributed by atoms with Gasteiger partial charge < -0.3 is 0 Å². The molecule has 0 unspecified atom stereocenters. The van der Waals surface area contributed by atoms with E-state index in [2.05, 4.69) is 5.10 Å². The van der Waals surface area contributed by atoms with E-state index in [0.29, 0.717) is 0 Å². The molecule has 0 saturated carbocycles. The van der Waals surface area contributed by atoms with Crippen molar-refractivity contribution in [3.05, 3.63) is 51.8 Å². The van der Waals surface area contributed by atoms with Crippen molar-refractivity contribution in [3.8, 4) is 0 Å². The Labute approximate surface area is 113 Å². The van der Waals surface area contributed by atoms with Crippen molar-refractivity contribution < 1.29 is 9.72 Å². The van der Waals surface area contributed by atoms with Gasteiger partial charge in [0.2, 0.25) is 5.12 Å². The van der Waals surface area contributed by atoms with Gasteiger partial charge in [0.25, 0.3) is 0 Å². The molecule has 0 atom stereocenters. The SMILES string of the molecule is Cc1nn(C)c(C(=O)Sc2ccccc2)c1[N+](=O)[O-]. The molecule has 0 amide bonds. The first-order valence-corrected chi connectivity index (χ1v) is 6.27. The fourth-order valence-electron chi connectivity index (χ4n) is 1.74. The van der Waals surface area contributed by atoms with Gasteiger partial charge in [-0.15, -0.1) is 0 Å². The largest absolute Gasteiger partial charge is 0.321 e. The lowest BCUT2D eigenvalue weighted by atomic mass is 10.3. The first kappa shape index (κ1) is 13.3. The molecule has 19 heavy (non-hydrogen) atoms. The molecule has 0 N–H and O–H groups in total. The second-order valence-corrected chi connectivity index (χ2v) is 4.91. The van der Waals surface area contributed by atoms with Crippen LogP contribution in [-0.2, 0) is 7.05 Å². The molecule has 0 spiro atoms. The minimum absolute atomic E-state index is 0.0105. The van der Waals surface area contributed by atoms with Crippen molar-refractivity contribution in [1.82, 2.24) is 9.78 Å². The number of thioether (sulfide) groups is 1.